The summed E-state index contributed by atoms with van der Waals surface area (Å²) in [5.74, 6) is 0. The summed E-state index contributed by atoms with van der Waals surface area (Å²) < 4.78 is 84.9. The molecule has 0 bridgehead atoms. The second-order valence-electron chi connectivity index (χ2n) is 15.8. The largest absolute Gasteiger partial charge is 0.455 e. The van der Waals surface area contributed by atoms with E-state index in [4.69, 9.17) is 4.42 Å². The third kappa shape index (κ3) is 6.70. The van der Waals surface area contributed by atoms with Crippen molar-refractivity contribution in [2.45, 2.75) is 0 Å². The molecule has 1 heterocycles. The molecule has 0 fully saturated rings. The fraction of sp³-hybridized carbons (Fsp3) is 0. The maximum absolute atomic E-state index is 9.90. The molecule has 11 aromatic carbocycles. The molecule has 0 aliphatic heterocycles. The lowest BCUT2D eigenvalue weighted by molar-refractivity contribution is 0.672. The van der Waals surface area contributed by atoms with Gasteiger partial charge in [0.25, 0.3) is 0 Å². The summed E-state index contributed by atoms with van der Waals surface area (Å²) in [5.41, 5.74) is 7.37. The summed E-state index contributed by atoms with van der Waals surface area (Å²) in [6.07, 6.45) is 0. The number of fused-ring (bicyclic) bond motifs is 6. The van der Waals surface area contributed by atoms with Crippen LogP contribution in [0.2, 0.25) is 0 Å². The van der Waals surface area contributed by atoms with Gasteiger partial charge in [-0.2, -0.15) is 0 Å². The highest BCUT2D eigenvalue weighted by Gasteiger charge is 2.21. The van der Waals surface area contributed by atoms with Crippen molar-refractivity contribution in [1.82, 2.24) is 0 Å². The molecule has 2 heteroatoms. The second-order valence-corrected chi connectivity index (χ2v) is 15.8. The molecule has 12 aromatic rings. The molecule has 0 unspecified atom stereocenters. The molecule has 0 N–H and O–H groups in total. The monoisotopic (exact) mass is 823 g/mol. The van der Waals surface area contributed by atoms with Crippen LogP contribution in [0.4, 0.5) is 17.1 Å². The van der Waals surface area contributed by atoms with E-state index in [0.717, 1.165) is 54.9 Å². The van der Waals surface area contributed by atoms with Crippen LogP contribution in [0, 0.1) is 0 Å². The van der Waals surface area contributed by atoms with Crippen LogP contribution in [0.5, 0.6) is 0 Å². The molecular weight excluding hydrogens is 775 g/mol. The fourth-order valence-corrected chi connectivity index (χ4v) is 8.85. The third-order valence-corrected chi connectivity index (χ3v) is 12.0. The van der Waals surface area contributed by atoms with Crippen molar-refractivity contribution >= 4 is 60.5 Å². The minimum atomic E-state index is -0.432. The van der Waals surface area contributed by atoms with Crippen LogP contribution in [0.15, 0.2) is 253 Å². The Bertz CT molecular complexity index is 4090. The lowest BCUT2D eigenvalue weighted by atomic mass is 9.91. The Morgan fingerprint density at radius 1 is 0.328 bits per heavy atom. The first-order valence-corrected chi connectivity index (χ1v) is 21.3. The average Bonchev–Trinajstić information content (AvgIpc) is 3.82. The maximum atomic E-state index is 9.90. The van der Waals surface area contributed by atoms with Gasteiger partial charge in [-0.05, 0) is 132 Å². The Labute approximate surface area is 383 Å². The number of rotatable bonds is 8. The molecule has 64 heavy (non-hydrogen) atoms. The quantitative estimate of drug-likeness (QED) is 0.152. The molecule has 12 rings (SSSR count). The zero-order valence-electron chi connectivity index (χ0n) is 42.4. The highest BCUT2D eigenvalue weighted by Crippen LogP contribution is 2.45. The molecular formula is C62H41NO. The number of nitrogens with zero attached hydrogens (tertiary/aromatic N) is 1. The van der Waals surface area contributed by atoms with Gasteiger partial charge in [0, 0.05) is 22.1 Å². The maximum Gasteiger partial charge on any atom is 0.143 e. The van der Waals surface area contributed by atoms with Gasteiger partial charge in [0.05, 0.1) is 22.0 Å². The highest BCUT2D eigenvalue weighted by atomic mass is 16.3. The van der Waals surface area contributed by atoms with Gasteiger partial charge in [0.2, 0.25) is 0 Å². The molecule has 0 saturated heterocycles. The predicted octanol–water partition coefficient (Wildman–Crippen LogP) is 17.7. The average molecular weight is 824 g/mol. The van der Waals surface area contributed by atoms with Crippen LogP contribution in [0.1, 0.15) is 11.0 Å². The molecule has 1 aromatic heterocycles. The number of hydrogen-bond acceptors (Lipinski definition) is 2. The topological polar surface area (TPSA) is 16.4 Å². The Hall–Kier alpha value is -8.46. The normalized spacial score (nSPS) is 13.2. The number of anilines is 3. The minimum Gasteiger partial charge on any atom is -0.455 e. The highest BCUT2D eigenvalue weighted by molar-refractivity contribution is 6.19. The Morgan fingerprint density at radius 3 is 1.58 bits per heavy atom. The molecule has 0 radical (unpaired) electrons. The second kappa shape index (κ2) is 15.8. The molecule has 0 atom stereocenters. The van der Waals surface area contributed by atoms with Crippen LogP contribution in [0.25, 0.3) is 99.1 Å². The summed E-state index contributed by atoms with van der Waals surface area (Å²) in [5, 5.41) is 5.17. The first-order chi connectivity index (χ1) is 35.1. The summed E-state index contributed by atoms with van der Waals surface area (Å²) in [4.78, 5) is 1.38. The summed E-state index contributed by atoms with van der Waals surface area (Å²) in [6, 6.07) is 61.0. The van der Waals surface area contributed by atoms with Gasteiger partial charge in [-0.1, -0.05) is 188 Å². The van der Waals surface area contributed by atoms with Crippen LogP contribution >= 0.6 is 0 Å². The smallest absolute Gasteiger partial charge is 0.143 e. The third-order valence-electron chi connectivity index (χ3n) is 12.0. The minimum absolute atomic E-state index is 0.0742. The Balaban J connectivity index is 1.09. The molecule has 0 aliphatic carbocycles. The molecule has 0 amide bonds. The van der Waals surface area contributed by atoms with Crippen molar-refractivity contribution in [3.63, 3.8) is 0 Å². The molecule has 0 saturated carbocycles. The van der Waals surface area contributed by atoms with Crippen molar-refractivity contribution in [2.75, 3.05) is 4.90 Å². The van der Waals surface area contributed by atoms with Crippen LogP contribution in [-0.4, -0.2) is 0 Å². The lowest BCUT2D eigenvalue weighted by Crippen LogP contribution is -2.10. The lowest BCUT2D eigenvalue weighted by Gasteiger charge is -2.27. The number of furan rings is 1. The van der Waals surface area contributed by atoms with Gasteiger partial charge in [0.15, 0.2) is 0 Å². The summed E-state index contributed by atoms with van der Waals surface area (Å²) in [6.45, 7) is 0. The van der Waals surface area contributed by atoms with E-state index in [-0.39, 0.29) is 46.7 Å². The fourth-order valence-electron chi connectivity index (χ4n) is 8.85. The van der Waals surface area contributed by atoms with E-state index < -0.39 is 24.2 Å². The first kappa shape index (κ1) is 29.7. The zero-order valence-corrected chi connectivity index (χ0v) is 34.4. The van der Waals surface area contributed by atoms with Crippen LogP contribution in [-0.2, 0) is 0 Å². The van der Waals surface area contributed by atoms with Crippen molar-refractivity contribution in [3.8, 4) is 55.6 Å². The van der Waals surface area contributed by atoms with Gasteiger partial charge < -0.3 is 9.32 Å². The van der Waals surface area contributed by atoms with E-state index in [1.165, 1.54) is 4.90 Å². The summed E-state index contributed by atoms with van der Waals surface area (Å²) in [7, 11) is 0. The van der Waals surface area contributed by atoms with E-state index in [9.17, 15) is 11.0 Å². The predicted molar refractivity (Wildman–Crippen MR) is 271 cm³/mol. The molecule has 0 spiro atoms. The first-order valence-electron chi connectivity index (χ1n) is 25.3. The van der Waals surface area contributed by atoms with Gasteiger partial charge in [-0.25, -0.2) is 0 Å². The standard InChI is InChI=1S/C62H41NO/c1-3-14-45(15-4-1)55-37-32-52(41-58(55)46-16-5-2-6-17-46)44-29-35-54(36-30-44)63(59-23-12-24-60-61(59)57-38-31-47-18-9-10-22-56(47)62(57)64-60)53-33-27-43(28-34-53)49-20-11-21-50(39-49)51-26-25-42-13-7-8-19-48(42)40-51/h1-41H/i27D,28D,29D,30D,33D,34D,35D,36D. The Morgan fingerprint density at radius 2 is 0.859 bits per heavy atom. The molecule has 0 aliphatic rings. The van der Waals surface area contributed by atoms with E-state index in [0.29, 0.717) is 38.8 Å². The number of benzene rings is 11. The van der Waals surface area contributed by atoms with E-state index >= 15 is 0 Å². The van der Waals surface area contributed by atoms with Gasteiger partial charge in [-0.3, -0.25) is 0 Å². The van der Waals surface area contributed by atoms with E-state index in [1.54, 1.807) is 24.3 Å². The van der Waals surface area contributed by atoms with Crippen molar-refractivity contribution < 1.29 is 15.4 Å². The van der Waals surface area contributed by atoms with Crippen LogP contribution < -0.4 is 4.90 Å². The van der Waals surface area contributed by atoms with Gasteiger partial charge in [0.1, 0.15) is 11.2 Å². The Kier molecular flexibility index (Phi) is 7.33. The zero-order chi connectivity index (χ0) is 49.4. The molecule has 300 valence electrons. The van der Waals surface area contributed by atoms with Crippen molar-refractivity contribution in [2.24, 2.45) is 0 Å². The number of hydrogen-bond donors (Lipinski definition) is 0. The van der Waals surface area contributed by atoms with Crippen molar-refractivity contribution in [1.29, 1.82) is 0 Å². The van der Waals surface area contributed by atoms with E-state index in [1.807, 2.05) is 170 Å². The SMILES string of the molecule is [2H]c1c([2H])c(N(c2c([2H])c([2H])c(-c3ccc(-c4ccccc4)c(-c4ccccc4)c3)c([2H])c2[2H])c2cccc3oc4c5ccccc5ccc4c23)c([2H])c([2H])c1-c1cccc(-c2ccc3ccccc3c2)c1. The van der Waals surface area contributed by atoms with Gasteiger partial charge in [-0.15, -0.1) is 0 Å². The van der Waals surface area contributed by atoms with Gasteiger partial charge >= 0.3 is 0 Å². The van der Waals surface area contributed by atoms with Crippen LogP contribution in [0.3, 0.4) is 0 Å². The van der Waals surface area contributed by atoms with E-state index in [2.05, 4.69) is 6.07 Å². The van der Waals surface area contributed by atoms with Crippen molar-refractivity contribution in [3.05, 3.63) is 249 Å². The summed E-state index contributed by atoms with van der Waals surface area (Å²) >= 11 is 0. The molecule has 2 nitrogen and oxygen atoms in total.